The van der Waals surface area contributed by atoms with Gasteiger partial charge in [-0.1, -0.05) is 48.0 Å². The number of hydrogen-bond acceptors (Lipinski definition) is 3. The van der Waals surface area contributed by atoms with E-state index in [0.29, 0.717) is 0 Å². The molecule has 1 atom stereocenters. The fourth-order valence-corrected chi connectivity index (χ4v) is 3.20. The molecule has 0 spiro atoms. The fourth-order valence-electron chi connectivity index (χ4n) is 1.98. The number of nitrogens with zero attached hydrogens (tertiary/aromatic N) is 1. The van der Waals surface area contributed by atoms with Gasteiger partial charge >= 0.3 is 0 Å². The maximum absolute atomic E-state index is 12.4. The zero-order chi connectivity index (χ0) is 15.3. The topological polar surface area (TPSA) is 70.0 Å². The van der Waals surface area contributed by atoms with E-state index in [-0.39, 0.29) is 11.3 Å². The Morgan fingerprint density at radius 3 is 2.29 bits per heavy atom. The Bertz CT molecular complexity index is 732. The van der Waals surface area contributed by atoms with E-state index >= 15 is 0 Å². The molecule has 0 unspecified atom stereocenters. The van der Waals surface area contributed by atoms with Gasteiger partial charge in [-0.2, -0.15) is 5.26 Å². The molecule has 0 heterocycles. The van der Waals surface area contributed by atoms with Crippen molar-refractivity contribution >= 4 is 10.0 Å². The first-order chi connectivity index (χ1) is 10.0. The molecule has 5 heteroatoms. The van der Waals surface area contributed by atoms with E-state index in [4.69, 9.17) is 5.26 Å². The van der Waals surface area contributed by atoms with Crippen molar-refractivity contribution in [3.8, 4) is 6.07 Å². The Hall–Kier alpha value is -2.16. The van der Waals surface area contributed by atoms with Crippen molar-refractivity contribution in [2.75, 3.05) is 0 Å². The monoisotopic (exact) mass is 300 g/mol. The Morgan fingerprint density at radius 2 is 1.71 bits per heavy atom. The molecule has 2 aromatic rings. The quantitative estimate of drug-likeness (QED) is 0.923. The van der Waals surface area contributed by atoms with Gasteiger partial charge in [-0.25, -0.2) is 13.1 Å². The molecule has 0 aromatic heterocycles. The predicted octanol–water partition coefficient (Wildman–Crippen LogP) is 2.93. The van der Waals surface area contributed by atoms with E-state index in [9.17, 15) is 8.42 Å². The lowest BCUT2D eigenvalue weighted by Gasteiger charge is -2.16. The molecule has 0 aliphatic heterocycles. The van der Waals surface area contributed by atoms with Crippen LogP contribution in [0.4, 0.5) is 0 Å². The van der Waals surface area contributed by atoms with Crippen LogP contribution in [-0.4, -0.2) is 8.42 Å². The number of benzene rings is 2. The molecule has 0 saturated heterocycles. The lowest BCUT2D eigenvalue weighted by atomic mass is 10.1. The van der Waals surface area contributed by atoms with Gasteiger partial charge in [0.1, 0.15) is 0 Å². The van der Waals surface area contributed by atoms with E-state index in [2.05, 4.69) is 4.72 Å². The number of nitriles is 1. The van der Waals surface area contributed by atoms with Crippen LogP contribution in [0.5, 0.6) is 0 Å². The van der Waals surface area contributed by atoms with E-state index in [1.165, 1.54) is 0 Å². The molecule has 0 aliphatic carbocycles. The second kappa shape index (κ2) is 6.53. The highest BCUT2D eigenvalue weighted by Crippen LogP contribution is 2.20. The van der Waals surface area contributed by atoms with Gasteiger partial charge in [-0.05, 0) is 24.6 Å². The molecule has 0 saturated carbocycles. The van der Waals surface area contributed by atoms with Crippen LogP contribution in [0.15, 0.2) is 59.5 Å². The molecule has 4 nitrogen and oxygen atoms in total. The zero-order valence-corrected chi connectivity index (χ0v) is 12.5. The SMILES string of the molecule is Cc1ccc(S(=O)(=O)N[C@@H](CC#N)c2ccccc2)cc1. The summed E-state index contributed by atoms with van der Waals surface area (Å²) in [7, 11) is -3.65. The molecular weight excluding hydrogens is 284 g/mol. The largest absolute Gasteiger partial charge is 0.241 e. The number of rotatable bonds is 5. The lowest BCUT2D eigenvalue weighted by Crippen LogP contribution is -2.28. The summed E-state index contributed by atoms with van der Waals surface area (Å²) in [6, 6.07) is 17.2. The van der Waals surface area contributed by atoms with Crippen molar-refractivity contribution in [3.63, 3.8) is 0 Å². The van der Waals surface area contributed by atoms with Crippen LogP contribution in [0, 0.1) is 18.3 Å². The molecule has 0 fully saturated rings. The van der Waals surface area contributed by atoms with Gasteiger partial charge in [-0.3, -0.25) is 0 Å². The second-order valence-electron chi connectivity index (χ2n) is 4.76. The summed E-state index contributed by atoms with van der Waals surface area (Å²) in [5.74, 6) is 0. The summed E-state index contributed by atoms with van der Waals surface area (Å²) in [5, 5.41) is 8.92. The van der Waals surface area contributed by atoms with Gasteiger partial charge in [0, 0.05) is 0 Å². The normalized spacial score (nSPS) is 12.6. The minimum Gasteiger partial charge on any atom is -0.207 e. The van der Waals surface area contributed by atoms with Crippen molar-refractivity contribution in [1.29, 1.82) is 5.26 Å². The van der Waals surface area contributed by atoms with E-state index in [1.54, 1.807) is 36.4 Å². The lowest BCUT2D eigenvalue weighted by molar-refractivity contribution is 0.559. The Balaban J connectivity index is 2.28. The molecule has 2 rings (SSSR count). The Kier molecular flexibility index (Phi) is 4.73. The van der Waals surface area contributed by atoms with Crippen LogP contribution in [0.25, 0.3) is 0 Å². The van der Waals surface area contributed by atoms with Crippen molar-refractivity contribution in [1.82, 2.24) is 4.72 Å². The summed E-state index contributed by atoms with van der Waals surface area (Å²) in [4.78, 5) is 0.201. The van der Waals surface area contributed by atoms with Gasteiger partial charge < -0.3 is 0 Å². The highest BCUT2D eigenvalue weighted by Gasteiger charge is 2.21. The van der Waals surface area contributed by atoms with Gasteiger partial charge in [0.25, 0.3) is 0 Å². The van der Waals surface area contributed by atoms with Crippen LogP contribution >= 0.6 is 0 Å². The molecular formula is C16H16N2O2S. The van der Waals surface area contributed by atoms with Crippen molar-refractivity contribution in [2.45, 2.75) is 24.3 Å². The molecule has 108 valence electrons. The van der Waals surface area contributed by atoms with Crippen LogP contribution in [-0.2, 0) is 10.0 Å². The highest BCUT2D eigenvalue weighted by atomic mass is 32.2. The fraction of sp³-hybridized carbons (Fsp3) is 0.188. The summed E-state index contributed by atoms with van der Waals surface area (Å²) in [6.45, 7) is 1.90. The third kappa shape index (κ3) is 3.91. The number of sulfonamides is 1. The summed E-state index contributed by atoms with van der Waals surface area (Å²) in [5.41, 5.74) is 1.76. The minimum absolute atomic E-state index is 0.0785. The highest BCUT2D eigenvalue weighted by molar-refractivity contribution is 7.89. The standard InChI is InChI=1S/C16H16N2O2S/c1-13-7-9-15(10-8-13)21(19,20)18-16(11-12-17)14-5-3-2-4-6-14/h2-10,16,18H,11H2,1H3/t16-/m0/s1. The maximum Gasteiger partial charge on any atom is 0.241 e. The third-order valence-electron chi connectivity index (χ3n) is 3.13. The van der Waals surface area contributed by atoms with Gasteiger partial charge in [-0.15, -0.1) is 0 Å². The Morgan fingerprint density at radius 1 is 1.10 bits per heavy atom. The van der Waals surface area contributed by atoms with E-state index < -0.39 is 16.1 Å². The van der Waals surface area contributed by atoms with Gasteiger partial charge in [0.2, 0.25) is 10.0 Å². The first-order valence-corrected chi connectivity index (χ1v) is 8.02. The minimum atomic E-state index is -3.65. The van der Waals surface area contributed by atoms with Crippen LogP contribution in [0.1, 0.15) is 23.6 Å². The molecule has 0 radical (unpaired) electrons. The van der Waals surface area contributed by atoms with Gasteiger partial charge in [0.15, 0.2) is 0 Å². The van der Waals surface area contributed by atoms with Crippen molar-refractivity contribution in [2.24, 2.45) is 0 Å². The molecule has 21 heavy (non-hydrogen) atoms. The number of nitrogens with one attached hydrogen (secondary N) is 1. The number of aryl methyl sites for hydroxylation is 1. The summed E-state index contributed by atoms with van der Waals surface area (Å²) >= 11 is 0. The van der Waals surface area contributed by atoms with Gasteiger partial charge in [0.05, 0.1) is 23.4 Å². The number of hydrogen-bond donors (Lipinski definition) is 1. The smallest absolute Gasteiger partial charge is 0.207 e. The molecule has 0 aliphatic rings. The summed E-state index contributed by atoms with van der Waals surface area (Å²) in [6.07, 6.45) is 0.0785. The predicted molar refractivity (Wildman–Crippen MR) is 80.9 cm³/mol. The first kappa shape index (κ1) is 15.2. The first-order valence-electron chi connectivity index (χ1n) is 6.54. The average Bonchev–Trinajstić information content (AvgIpc) is 2.48. The summed E-state index contributed by atoms with van der Waals surface area (Å²) < 4.78 is 27.4. The third-order valence-corrected chi connectivity index (χ3v) is 4.61. The van der Waals surface area contributed by atoms with Crippen molar-refractivity contribution in [3.05, 3.63) is 65.7 Å². The van der Waals surface area contributed by atoms with Crippen molar-refractivity contribution < 1.29 is 8.42 Å². The second-order valence-corrected chi connectivity index (χ2v) is 6.47. The van der Waals surface area contributed by atoms with E-state index in [1.807, 2.05) is 31.2 Å². The Labute approximate surface area is 125 Å². The van der Waals surface area contributed by atoms with Crippen LogP contribution in [0.2, 0.25) is 0 Å². The average molecular weight is 300 g/mol. The zero-order valence-electron chi connectivity index (χ0n) is 11.7. The van der Waals surface area contributed by atoms with Crippen LogP contribution < -0.4 is 4.72 Å². The maximum atomic E-state index is 12.4. The molecule has 0 amide bonds. The molecule has 2 aromatic carbocycles. The van der Waals surface area contributed by atoms with E-state index in [0.717, 1.165) is 11.1 Å². The molecule has 0 bridgehead atoms. The van der Waals surface area contributed by atoms with Crippen LogP contribution in [0.3, 0.4) is 0 Å². The molecule has 1 N–H and O–H groups in total.